The Bertz CT molecular complexity index is 336. The van der Waals surface area contributed by atoms with Gasteiger partial charge in [-0.2, -0.15) is 0 Å². The van der Waals surface area contributed by atoms with Crippen molar-refractivity contribution < 1.29 is 9.90 Å². The molecule has 68 valence electrons. The molecule has 0 spiro atoms. The second-order valence-electron chi connectivity index (χ2n) is 2.36. The smallest absolute Gasteiger partial charge is 0.328 e. The number of carboxylic acid groups (broad SMARTS) is 1. The van der Waals surface area contributed by atoms with Gasteiger partial charge in [-0.25, -0.2) is 4.79 Å². The largest absolute Gasteiger partial charge is 0.478 e. The standard InChI is InChI=1S/C9H8BrNO2/c10-6-8-3-1-2-7(11-8)4-5-9(12)13/h1-5H,6H2,(H,12,13)/b5-4+. The van der Waals surface area contributed by atoms with E-state index in [1.54, 1.807) is 6.07 Å². The number of carbonyl (C=O) groups is 1. The molecule has 1 aromatic heterocycles. The molecule has 0 bridgehead atoms. The number of halogens is 1. The van der Waals surface area contributed by atoms with Crippen LogP contribution < -0.4 is 0 Å². The van der Waals surface area contributed by atoms with Crippen LogP contribution in [-0.4, -0.2) is 16.1 Å². The predicted octanol–water partition coefficient (Wildman–Crippen LogP) is 2.07. The maximum absolute atomic E-state index is 10.2. The Balaban J connectivity index is 2.83. The number of pyridine rings is 1. The summed E-state index contributed by atoms with van der Waals surface area (Å²) < 4.78 is 0. The summed E-state index contributed by atoms with van der Waals surface area (Å²) in [7, 11) is 0. The van der Waals surface area contributed by atoms with E-state index >= 15 is 0 Å². The molecule has 13 heavy (non-hydrogen) atoms. The lowest BCUT2D eigenvalue weighted by atomic mass is 10.3. The van der Waals surface area contributed by atoms with Crippen LogP contribution >= 0.6 is 15.9 Å². The Labute approximate surface area is 84.2 Å². The van der Waals surface area contributed by atoms with E-state index in [1.165, 1.54) is 6.08 Å². The molecule has 0 aliphatic heterocycles. The molecule has 1 rings (SSSR count). The average molecular weight is 242 g/mol. The number of hydrogen-bond acceptors (Lipinski definition) is 2. The predicted molar refractivity (Wildman–Crippen MR) is 53.5 cm³/mol. The minimum atomic E-state index is -0.967. The van der Waals surface area contributed by atoms with E-state index in [-0.39, 0.29) is 0 Å². The summed E-state index contributed by atoms with van der Waals surface area (Å²) in [4.78, 5) is 14.4. The van der Waals surface area contributed by atoms with Crippen molar-refractivity contribution in [2.24, 2.45) is 0 Å². The van der Waals surface area contributed by atoms with Crippen molar-refractivity contribution in [3.63, 3.8) is 0 Å². The van der Waals surface area contributed by atoms with Gasteiger partial charge in [0.05, 0.1) is 11.4 Å². The maximum Gasteiger partial charge on any atom is 0.328 e. The van der Waals surface area contributed by atoms with Crippen LogP contribution in [0.1, 0.15) is 11.4 Å². The van der Waals surface area contributed by atoms with Gasteiger partial charge in [-0.3, -0.25) is 4.98 Å². The van der Waals surface area contributed by atoms with Gasteiger partial charge in [-0.05, 0) is 18.2 Å². The molecule has 0 amide bonds. The van der Waals surface area contributed by atoms with E-state index in [4.69, 9.17) is 5.11 Å². The summed E-state index contributed by atoms with van der Waals surface area (Å²) in [6.45, 7) is 0. The summed E-state index contributed by atoms with van der Waals surface area (Å²) in [5.74, 6) is -0.967. The summed E-state index contributed by atoms with van der Waals surface area (Å²) in [6.07, 6.45) is 2.54. The van der Waals surface area contributed by atoms with Crippen LogP contribution in [0.5, 0.6) is 0 Å². The topological polar surface area (TPSA) is 50.2 Å². The van der Waals surface area contributed by atoms with E-state index in [0.29, 0.717) is 11.0 Å². The minimum Gasteiger partial charge on any atom is -0.478 e. The summed E-state index contributed by atoms with van der Waals surface area (Å²) in [5, 5.41) is 9.05. The molecular formula is C9H8BrNO2. The molecule has 0 aliphatic carbocycles. The highest BCUT2D eigenvalue weighted by Gasteiger charge is 1.93. The van der Waals surface area contributed by atoms with Crippen molar-refractivity contribution in [2.75, 3.05) is 0 Å². The van der Waals surface area contributed by atoms with Crippen molar-refractivity contribution in [2.45, 2.75) is 5.33 Å². The Hall–Kier alpha value is -1.16. The van der Waals surface area contributed by atoms with Gasteiger partial charge in [-0.15, -0.1) is 0 Å². The number of aliphatic carboxylic acids is 1. The zero-order valence-corrected chi connectivity index (χ0v) is 8.36. The summed E-state index contributed by atoms with van der Waals surface area (Å²) >= 11 is 3.27. The van der Waals surface area contributed by atoms with Gasteiger partial charge in [-0.1, -0.05) is 22.0 Å². The molecule has 0 saturated heterocycles. The van der Waals surface area contributed by atoms with Crippen molar-refractivity contribution >= 4 is 28.0 Å². The molecule has 1 N–H and O–H groups in total. The Morgan fingerprint density at radius 3 is 3.00 bits per heavy atom. The third kappa shape index (κ3) is 3.38. The van der Waals surface area contributed by atoms with Gasteiger partial charge in [0.15, 0.2) is 0 Å². The first-order chi connectivity index (χ1) is 6.22. The summed E-state index contributed by atoms with van der Waals surface area (Å²) in [5.41, 5.74) is 1.53. The zero-order valence-electron chi connectivity index (χ0n) is 6.77. The molecular weight excluding hydrogens is 234 g/mol. The number of rotatable bonds is 3. The van der Waals surface area contributed by atoms with E-state index in [2.05, 4.69) is 20.9 Å². The van der Waals surface area contributed by atoms with E-state index < -0.39 is 5.97 Å². The third-order valence-electron chi connectivity index (χ3n) is 1.36. The van der Waals surface area contributed by atoms with Crippen molar-refractivity contribution in [3.8, 4) is 0 Å². The molecule has 0 fully saturated rings. The Morgan fingerprint density at radius 1 is 1.62 bits per heavy atom. The number of nitrogens with zero attached hydrogens (tertiary/aromatic N) is 1. The molecule has 1 heterocycles. The number of hydrogen-bond donors (Lipinski definition) is 1. The molecule has 0 saturated carbocycles. The Morgan fingerprint density at radius 2 is 2.38 bits per heavy atom. The Kier molecular flexibility index (Phi) is 3.64. The lowest BCUT2D eigenvalue weighted by Gasteiger charge is -1.95. The summed E-state index contributed by atoms with van der Waals surface area (Å²) in [6, 6.07) is 5.46. The van der Waals surface area contributed by atoms with E-state index in [9.17, 15) is 4.79 Å². The van der Waals surface area contributed by atoms with E-state index in [1.807, 2.05) is 12.1 Å². The molecule has 0 aliphatic rings. The van der Waals surface area contributed by atoms with Gasteiger partial charge >= 0.3 is 5.97 Å². The van der Waals surface area contributed by atoms with E-state index in [0.717, 1.165) is 11.8 Å². The quantitative estimate of drug-likeness (QED) is 0.652. The average Bonchev–Trinajstić information content (AvgIpc) is 2.15. The molecule has 0 unspecified atom stereocenters. The second-order valence-corrected chi connectivity index (χ2v) is 2.92. The molecule has 0 radical (unpaired) electrons. The zero-order chi connectivity index (χ0) is 9.68. The normalized spacial score (nSPS) is 10.5. The maximum atomic E-state index is 10.2. The molecule has 0 atom stereocenters. The molecule has 4 heteroatoms. The van der Waals surface area contributed by atoms with Crippen molar-refractivity contribution in [3.05, 3.63) is 35.7 Å². The molecule has 1 aromatic rings. The lowest BCUT2D eigenvalue weighted by molar-refractivity contribution is -0.131. The third-order valence-corrected chi connectivity index (χ3v) is 1.94. The van der Waals surface area contributed by atoms with Crippen molar-refractivity contribution in [1.29, 1.82) is 0 Å². The highest BCUT2D eigenvalue weighted by Crippen LogP contribution is 2.04. The first-order valence-electron chi connectivity index (χ1n) is 3.65. The van der Waals surface area contributed by atoms with Gasteiger partial charge in [0.2, 0.25) is 0 Å². The first kappa shape index (κ1) is 9.92. The second kappa shape index (κ2) is 4.77. The fourth-order valence-electron chi connectivity index (χ4n) is 0.822. The van der Waals surface area contributed by atoms with Crippen LogP contribution in [0.25, 0.3) is 6.08 Å². The van der Waals surface area contributed by atoms with Crippen LogP contribution in [0.15, 0.2) is 24.3 Å². The number of carboxylic acids is 1. The van der Waals surface area contributed by atoms with Gasteiger partial charge < -0.3 is 5.11 Å². The van der Waals surface area contributed by atoms with Crippen LogP contribution in [-0.2, 0) is 10.1 Å². The molecule has 3 nitrogen and oxygen atoms in total. The lowest BCUT2D eigenvalue weighted by Crippen LogP contribution is -1.89. The SMILES string of the molecule is O=C(O)/C=C/c1cccc(CBr)n1. The highest BCUT2D eigenvalue weighted by molar-refractivity contribution is 9.08. The van der Waals surface area contributed by atoms with Crippen molar-refractivity contribution in [1.82, 2.24) is 4.98 Å². The fourth-order valence-corrected chi connectivity index (χ4v) is 1.13. The van der Waals surface area contributed by atoms with Crippen LogP contribution in [0, 0.1) is 0 Å². The monoisotopic (exact) mass is 241 g/mol. The number of aromatic nitrogens is 1. The minimum absolute atomic E-state index is 0.652. The van der Waals surface area contributed by atoms with Gasteiger partial charge in [0, 0.05) is 11.4 Å². The van der Waals surface area contributed by atoms with Gasteiger partial charge in [0.25, 0.3) is 0 Å². The number of alkyl halides is 1. The fraction of sp³-hybridized carbons (Fsp3) is 0.111. The van der Waals surface area contributed by atoms with Crippen LogP contribution in [0.4, 0.5) is 0 Å². The highest BCUT2D eigenvalue weighted by atomic mass is 79.9. The van der Waals surface area contributed by atoms with Crippen LogP contribution in [0.3, 0.4) is 0 Å². The first-order valence-corrected chi connectivity index (χ1v) is 4.77. The van der Waals surface area contributed by atoms with Crippen LogP contribution in [0.2, 0.25) is 0 Å². The molecule has 0 aromatic carbocycles. The van der Waals surface area contributed by atoms with Gasteiger partial charge in [0.1, 0.15) is 0 Å².